The molecule has 2 atom stereocenters. The molecule has 164 valence electrons. The summed E-state index contributed by atoms with van der Waals surface area (Å²) in [5, 5.41) is 2.17. The van der Waals surface area contributed by atoms with Crippen molar-refractivity contribution in [3.63, 3.8) is 0 Å². The van der Waals surface area contributed by atoms with Crippen molar-refractivity contribution in [2.75, 3.05) is 7.11 Å². The van der Waals surface area contributed by atoms with E-state index < -0.39 is 11.0 Å². The molecule has 4 rings (SSSR count). The van der Waals surface area contributed by atoms with E-state index in [4.69, 9.17) is 4.74 Å². The highest BCUT2D eigenvalue weighted by molar-refractivity contribution is 8.16. The molecule has 1 N–H and O–H groups in total. The molecule has 4 nitrogen and oxygen atoms in total. The zero-order chi connectivity index (χ0) is 22.6. The Hall–Kier alpha value is -2.27. The third-order valence-corrected chi connectivity index (χ3v) is 8.09. The van der Waals surface area contributed by atoms with Crippen LogP contribution in [-0.4, -0.2) is 23.5 Å². The number of carbonyl (C=O) groups excluding carboxylic acids is 2. The average molecular weight is 438 g/mol. The lowest BCUT2D eigenvalue weighted by Gasteiger charge is -2.43. The van der Waals surface area contributed by atoms with Crippen molar-refractivity contribution < 1.29 is 14.3 Å². The molecule has 2 unspecified atom stereocenters. The van der Waals surface area contributed by atoms with Gasteiger partial charge in [-0.2, -0.15) is 0 Å². The third-order valence-electron chi connectivity index (χ3n) is 7.04. The molecular weight excluding hydrogens is 406 g/mol. The van der Waals surface area contributed by atoms with Crippen LogP contribution in [0, 0.1) is 6.92 Å². The number of nitrogens with one attached hydrogen (secondary N) is 1. The van der Waals surface area contributed by atoms with Crippen molar-refractivity contribution in [1.29, 1.82) is 0 Å². The monoisotopic (exact) mass is 437 g/mol. The molecule has 2 aliphatic rings. The molecule has 5 heteroatoms. The van der Waals surface area contributed by atoms with Gasteiger partial charge in [0.15, 0.2) is 0 Å². The second kappa shape index (κ2) is 7.70. The van der Waals surface area contributed by atoms with Crippen LogP contribution in [0.15, 0.2) is 36.4 Å². The van der Waals surface area contributed by atoms with Gasteiger partial charge in [0.1, 0.15) is 5.75 Å². The van der Waals surface area contributed by atoms with Crippen molar-refractivity contribution in [3.05, 3.63) is 64.2 Å². The Morgan fingerprint density at radius 3 is 2.10 bits per heavy atom. The summed E-state index contributed by atoms with van der Waals surface area (Å²) in [6.45, 7) is 11.4. The van der Waals surface area contributed by atoms with Gasteiger partial charge in [-0.25, -0.2) is 0 Å². The van der Waals surface area contributed by atoms with Crippen molar-refractivity contribution >= 4 is 22.8 Å². The topological polar surface area (TPSA) is 55.4 Å². The number of hydrogen-bond donors (Lipinski definition) is 1. The van der Waals surface area contributed by atoms with E-state index in [1.54, 1.807) is 7.11 Å². The van der Waals surface area contributed by atoms with Crippen LogP contribution in [-0.2, 0) is 20.4 Å². The fraction of sp³-hybridized carbons (Fsp3) is 0.462. The summed E-state index contributed by atoms with van der Waals surface area (Å²) < 4.78 is 5.33. The van der Waals surface area contributed by atoms with Gasteiger partial charge in [-0.3, -0.25) is 9.59 Å². The fourth-order valence-corrected chi connectivity index (χ4v) is 5.94. The summed E-state index contributed by atoms with van der Waals surface area (Å²) in [6.07, 6.45) is 2.30. The van der Waals surface area contributed by atoms with E-state index in [1.807, 2.05) is 24.3 Å². The molecule has 2 aromatic rings. The maximum absolute atomic E-state index is 12.1. The molecule has 0 bridgehead atoms. The summed E-state index contributed by atoms with van der Waals surface area (Å²) in [5.74, 6) is 0.148. The number of thioether (sulfide) groups is 1. The van der Waals surface area contributed by atoms with Crippen molar-refractivity contribution in [1.82, 2.24) is 5.32 Å². The van der Waals surface area contributed by atoms with Gasteiger partial charge in [0.05, 0.1) is 12.5 Å². The van der Waals surface area contributed by atoms with Crippen LogP contribution in [0.5, 0.6) is 5.75 Å². The van der Waals surface area contributed by atoms with E-state index in [0.717, 1.165) is 35.9 Å². The Labute approximate surface area is 189 Å². The first-order valence-corrected chi connectivity index (χ1v) is 11.7. The smallest absolute Gasteiger partial charge is 0.299 e. The lowest BCUT2D eigenvalue weighted by molar-refractivity contribution is -0.132. The first kappa shape index (κ1) is 21.9. The maximum Gasteiger partial charge on any atom is 0.299 e. The minimum Gasteiger partial charge on any atom is -0.497 e. The van der Waals surface area contributed by atoms with Crippen molar-refractivity contribution in [2.45, 2.75) is 69.6 Å². The molecule has 1 aliphatic carbocycles. The number of amides is 1. The summed E-state index contributed by atoms with van der Waals surface area (Å²) >= 11 is 1.10. The average Bonchev–Trinajstić information content (AvgIpc) is 3.05. The lowest BCUT2D eigenvalue weighted by Crippen LogP contribution is -2.35. The molecule has 31 heavy (non-hydrogen) atoms. The molecule has 0 aromatic heterocycles. The van der Waals surface area contributed by atoms with E-state index in [1.165, 1.54) is 22.3 Å². The second-order valence-corrected chi connectivity index (χ2v) is 11.2. The van der Waals surface area contributed by atoms with Crippen molar-refractivity contribution in [2.24, 2.45) is 0 Å². The van der Waals surface area contributed by atoms with Crippen molar-refractivity contribution in [3.8, 4) is 5.75 Å². The van der Waals surface area contributed by atoms with Crippen LogP contribution in [0.25, 0.3) is 0 Å². The molecule has 1 amide bonds. The van der Waals surface area contributed by atoms with Gasteiger partial charge in [-0.1, -0.05) is 63.7 Å². The van der Waals surface area contributed by atoms with Gasteiger partial charge < -0.3 is 10.1 Å². The molecule has 1 fully saturated rings. The molecule has 2 aromatic carbocycles. The highest BCUT2D eigenvalue weighted by Crippen LogP contribution is 2.48. The molecule has 1 saturated heterocycles. The van der Waals surface area contributed by atoms with E-state index >= 15 is 0 Å². The maximum atomic E-state index is 12.1. The lowest BCUT2D eigenvalue weighted by atomic mass is 9.62. The van der Waals surface area contributed by atoms with Crippen LogP contribution in [0.1, 0.15) is 74.3 Å². The molecule has 1 aliphatic heterocycles. The molecule has 0 saturated carbocycles. The van der Waals surface area contributed by atoms with Gasteiger partial charge in [0, 0.05) is 5.92 Å². The Bertz CT molecular complexity index is 1020. The van der Waals surface area contributed by atoms with E-state index in [-0.39, 0.29) is 22.1 Å². The van der Waals surface area contributed by atoms with Gasteiger partial charge in [0.25, 0.3) is 11.0 Å². The van der Waals surface area contributed by atoms with Crippen LogP contribution in [0.3, 0.4) is 0 Å². The Balaban J connectivity index is 1.89. The number of fused-ring (bicyclic) bond motifs is 1. The van der Waals surface area contributed by atoms with Gasteiger partial charge >= 0.3 is 0 Å². The molecule has 1 heterocycles. The Kier molecular flexibility index (Phi) is 5.45. The fourth-order valence-electron chi connectivity index (χ4n) is 4.94. The first-order valence-electron chi connectivity index (χ1n) is 10.8. The van der Waals surface area contributed by atoms with E-state index in [9.17, 15) is 9.59 Å². The van der Waals surface area contributed by atoms with Gasteiger partial charge in [-0.15, -0.1) is 0 Å². The highest BCUT2D eigenvalue weighted by atomic mass is 32.2. The minimum absolute atomic E-state index is 0.0830. The standard InChI is InChI=1S/C26H31NO3S/c1-15-13-19-20(26(4,5)12-11-25(19,2)3)14-18(15)21(23-27-22(28)24(29)31-23)16-7-9-17(30-6)10-8-16/h7-10,13-14,21,23H,11-12H2,1-6H3,(H,27,28). The number of hydrogen-bond acceptors (Lipinski definition) is 4. The van der Waals surface area contributed by atoms with Crippen LogP contribution in [0.4, 0.5) is 0 Å². The second-order valence-electron chi connectivity index (χ2n) is 10.1. The van der Waals surface area contributed by atoms with Crippen LogP contribution >= 0.6 is 11.8 Å². The molecule has 0 spiro atoms. The predicted molar refractivity (Wildman–Crippen MR) is 126 cm³/mol. The summed E-state index contributed by atoms with van der Waals surface area (Å²) in [5.41, 5.74) is 6.43. The van der Waals surface area contributed by atoms with Gasteiger partial charge in [-0.05, 0) is 70.5 Å². The number of aryl methyl sites for hydroxylation is 1. The number of benzene rings is 2. The number of rotatable bonds is 4. The first-order chi connectivity index (χ1) is 14.5. The highest BCUT2D eigenvalue weighted by Gasteiger charge is 2.41. The Morgan fingerprint density at radius 1 is 1.00 bits per heavy atom. The largest absolute Gasteiger partial charge is 0.497 e. The quantitative estimate of drug-likeness (QED) is 0.668. The van der Waals surface area contributed by atoms with Crippen LogP contribution < -0.4 is 10.1 Å². The molecule has 0 radical (unpaired) electrons. The van der Waals surface area contributed by atoms with E-state index in [2.05, 4.69) is 52.1 Å². The Morgan fingerprint density at radius 2 is 1.58 bits per heavy atom. The summed E-state index contributed by atoms with van der Waals surface area (Å²) in [6, 6.07) is 12.6. The summed E-state index contributed by atoms with van der Waals surface area (Å²) in [7, 11) is 1.65. The van der Waals surface area contributed by atoms with Crippen LogP contribution in [0.2, 0.25) is 0 Å². The predicted octanol–water partition coefficient (Wildman–Crippen LogP) is 5.20. The SMILES string of the molecule is COc1ccc(C(c2cc3c(cc2C)C(C)(C)CCC3(C)C)C2NC(=O)C(=O)S2)cc1. The number of ether oxygens (including phenoxy) is 1. The van der Waals surface area contributed by atoms with E-state index in [0.29, 0.717) is 0 Å². The zero-order valence-electron chi connectivity index (χ0n) is 19.2. The van der Waals surface area contributed by atoms with Gasteiger partial charge in [0.2, 0.25) is 0 Å². The summed E-state index contributed by atoms with van der Waals surface area (Å²) in [4.78, 5) is 24.1. The minimum atomic E-state index is -0.509. The number of methoxy groups -OCH3 is 1. The number of carbonyl (C=O) groups is 2. The zero-order valence-corrected chi connectivity index (χ0v) is 20.0. The third kappa shape index (κ3) is 3.89. The molecular formula is C26H31NO3S. The normalized spacial score (nSPS) is 22.6.